The average molecular weight is 336 g/mol. The third-order valence-electron chi connectivity index (χ3n) is 3.34. The molecule has 110 valence electrons. The molecular formula is C13H15Cl2NO3S. The molecule has 1 aromatic carbocycles. The fraction of sp³-hybridized carbons (Fsp3) is 0.462. The molecule has 4 nitrogen and oxygen atoms in total. The van der Waals surface area contributed by atoms with Crippen LogP contribution in [0.3, 0.4) is 0 Å². The van der Waals surface area contributed by atoms with Gasteiger partial charge < -0.3 is 5.32 Å². The molecule has 2 rings (SSSR count). The van der Waals surface area contributed by atoms with Crippen molar-refractivity contribution in [3.8, 4) is 0 Å². The van der Waals surface area contributed by atoms with Crippen LogP contribution in [0.1, 0.15) is 18.9 Å². The van der Waals surface area contributed by atoms with Crippen LogP contribution >= 0.6 is 23.2 Å². The van der Waals surface area contributed by atoms with Gasteiger partial charge in [0.1, 0.15) is 0 Å². The lowest BCUT2D eigenvalue weighted by molar-refractivity contribution is -0.121. The van der Waals surface area contributed by atoms with Crippen LogP contribution in [0.25, 0.3) is 0 Å². The monoisotopic (exact) mass is 335 g/mol. The summed E-state index contributed by atoms with van der Waals surface area (Å²) in [6.07, 6.45) is 0.464. The summed E-state index contributed by atoms with van der Waals surface area (Å²) in [5, 5.41) is 3.63. The highest BCUT2D eigenvalue weighted by atomic mass is 35.5. The number of halogens is 2. The van der Waals surface area contributed by atoms with E-state index in [4.69, 9.17) is 23.2 Å². The first-order chi connectivity index (χ1) is 9.21. The number of carbonyl (C=O) groups is 1. The van der Waals surface area contributed by atoms with Crippen molar-refractivity contribution in [3.63, 3.8) is 0 Å². The van der Waals surface area contributed by atoms with E-state index in [1.807, 2.05) is 0 Å². The number of amides is 1. The van der Waals surface area contributed by atoms with E-state index in [-0.39, 0.29) is 23.8 Å². The van der Waals surface area contributed by atoms with Gasteiger partial charge in [0, 0.05) is 10.0 Å². The summed E-state index contributed by atoms with van der Waals surface area (Å²) in [5.41, 5.74) is -0.151. The first kappa shape index (κ1) is 15.6. The van der Waals surface area contributed by atoms with E-state index in [1.54, 1.807) is 25.1 Å². The maximum absolute atomic E-state index is 12.1. The molecule has 1 aliphatic heterocycles. The Hall–Kier alpha value is -0.780. The van der Waals surface area contributed by atoms with Crippen LogP contribution in [-0.4, -0.2) is 31.4 Å². The van der Waals surface area contributed by atoms with Gasteiger partial charge in [-0.3, -0.25) is 4.79 Å². The largest absolute Gasteiger partial charge is 0.350 e. The number of hydrogen-bond acceptors (Lipinski definition) is 3. The van der Waals surface area contributed by atoms with Crippen LogP contribution in [0.2, 0.25) is 10.0 Å². The lowest BCUT2D eigenvalue weighted by Gasteiger charge is -2.24. The first-order valence-corrected chi connectivity index (χ1v) is 8.73. The number of carbonyl (C=O) groups excluding carboxylic acids is 1. The van der Waals surface area contributed by atoms with Gasteiger partial charge in [0.15, 0.2) is 9.84 Å². The molecule has 0 radical (unpaired) electrons. The Balaban J connectivity index is 2.07. The van der Waals surface area contributed by atoms with E-state index in [0.29, 0.717) is 22.0 Å². The summed E-state index contributed by atoms with van der Waals surface area (Å²) in [4.78, 5) is 12.1. The SMILES string of the molecule is C[C@]1(NC(=O)Cc2c(Cl)cccc2Cl)CCS(=O)(=O)C1. The number of sulfone groups is 1. The quantitative estimate of drug-likeness (QED) is 0.921. The van der Waals surface area contributed by atoms with Crippen molar-refractivity contribution in [2.75, 3.05) is 11.5 Å². The maximum atomic E-state index is 12.1. The van der Waals surface area contributed by atoms with Gasteiger partial charge in [0.25, 0.3) is 0 Å². The van der Waals surface area contributed by atoms with E-state index in [0.717, 1.165) is 0 Å². The summed E-state index contributed by atoms with van der Waals surface area (Å²) in [5.74, 6) is -0.196. The molecule has 0 spiro atoms. The van der Waals surface area contributed by atoms with Gasteiger partial charge in [-0.05, 0) is 31.0 Å². The molecule has 0 bridgehead atoms. The van der Waals surface area contributed by atoms with Gasteiger partial charge in [-0.1, -0.05) is 29.3 Å². The van der Waals surface area contributed by atoms with Crippen LogP contribution in [0, 0.1) is 0 Å². The minimum Gasteiger partial charge on any atom is -0.350 e. The zero-order valence-corrected chi connectivity index (χ0v) is 13.3. The molecule has 0 aliphatic carbocycles. The summed E-state index contributed by atoms with van der Waals surface area (Å²) in [6, 6.07) is 5.03. The maximum Gasteiger partial charge on any atom is 0.224 e. The normalized spacial score (nSPS) is 24.6. The molecule has 1 amide bonds. The molecule has 1 N–H and O–H groups in total. The second-order valence-corrected chi connectivity index (χ2v) is 8.33. The second kappa shape index (κ2) is 5.54. The summed E-state index contributed by atoms with van der Waals surface area (Å²) in [6.45, 7) is 1.74. The third-order valence-corrected chi connectivity index (χ3v) is 5.95. The van der Waals surface area contributed by atoms with Crippen LogP contribution in [0.4, 0.5) is 0 Å². The van der Waals surface area contributed by atoms with Crippen molar-refractivity contribution in [2.24, 2.45) is 0 Å². The molecule has 1 heterocycles. The van der Waals surface area contributed by atoms with E-state index in [1.165, 1.54) is 0 Å². The highest BCUT2D eigenvalue weighted by molar-refractivity contribution is 7.91. The van der Waals surface area contributed by atoms with Crippen LogP contribution < -0.4 is 5.32 Å². The zero-order valence-electron chi connectivity index (χ0n) is 10.9. The van der Waals surface area contributed by atoms with E-state index < -0.39 is 15.4 Å². The fourth-order valence-corrected chi connectivity index (χ4v) is 4.98. The molecule has 1 fully saturated rings. The molecule has 1 saturated heterocycles. The molecule has 20 heavy (non-hydrogen) atoms. The van der Waals surface area contributed by atoms with Gasteiger partial charge in [0.05, 0.1) is 23.5 Å². The van der Waals surface area contributed by atoms with E-state index >= 15 is 0 Å². The molecule has 1 atom stereocenters. The van der Waals surface area contributed by atoms with Crippen LogP contribution in [0.5, 0.6) is 0 Å². The van der Waals surface area contributed by atoms with Gasteiger partial charge in [-0.2, -0.15) is 0 Å². The molecule has 0 aromatic heterocycles. The molecule has 0 saturated carbocycles. The fourth-order valence-electron chi connectivity index (χ4n) is 2.35. The molecule has 7 heteroatoms. The van der Waals surface area contributed by atoms with Gasteiger partial charge in [0.2, 0.25) is 5.91 Å². The highest BCUT2D eigenvalue weighted by Crippen LogP contribution is 2.26. The minimum atomic E-state index is -3.06. The number of benzene rings is 1. The number of hydrogen-bond donors (Lipinski definition) is 1. The van der Waals surface area contributed by atoms with Crippen molar-refractivity contribution < 1.29 is 13.2 Å². The summed E-state index contributed by atoms with van der Waals surface area (Å²) >= 11 is 12.0. The Kier molecular flexibility index (Phi) is 4.33. The van der Waals surface area contributed by atoms with Crippen molar-refractivity contribution in [1.82, 2.24) is 5.32 Å². The Morgan fingerprint density at radius 3 is 2.45 bits per heavy atom. The topological polar surface area (TPSA) is 63.2 Å². The Morgan fingerprint density at radius 1 is 1.35 bits per heavy atom. The second-order valence-electron chi connectivity index (χ2n) is 5.33. The molecule has 1 aromatic rings. The minimum absolute atomic E-state index is 0.0258. The van der Waals surface area contributed by atoms with Crippen LogP contribution in [0.15, 0.2) is 18.2 Å². The summed E-state index contributed by atoms with van der Waals surface area (Å²) < 4.78 is 23.0. The highest BCUT2D eigenvalue weighted by Gasteiger charge is 2.39. The van der Waals surface area contributed by atoms with Crippen molar-refractivity contribution in [2.45, 2.75) is 25.3 Å². The van der Waals surface area contributed by atoms with Crippen molar-refractivity contribution in [1.29, 1.82) is 0 Å². The molecular weight excluding hydrogens is 321 g/mol. The lowest BCUT2D eigenvalue weighted by Crippen LogP contribution is -2.47. The smallest absolute Gasteiger partial charge is 0.224 e. The number of nitrogens with one attached hydrogen (secondary N) is 1. The summed E-state index contributed by atoms with van der Waals surface area (Å²) in [7, 11) is -3.06. The zero-order chi connectivity index (χ0) is 15.0. The lowest BCUT2D eigenvalue weighted by atomic mass is 10.0. The predicted octanol–water partition coefficient (Wildman–Crippen LogP) is 2.23. The third kappa shape index (κ3) is 3.65. The van der Waals surface area contributed by atoms with Gasteiger partial charge >= 0.3 is 0 Å². The van der Waals surface area contributed by atoms with Crippen molar-refractivity contribution >= 4 is 38.9 Å². The van der Waals surface area contributed by atoms with Gasteiger partial charge in [-0.25, -0.2) is 8.42 Å². The number of rotatable bonds is 3. The van der Waals surface area contributed by atoms with Gasteiger partial charge in [-0.15, -0.1) is 0 Å². The Morgan fingerprint density at radius 2 is 1.95 bits per heavy atom. The van der Waals surface area contributed by atoms with Crippen LogP contribution in [-0.2, 0) is 21.1 Å². The van der Waals surface area contributed by atoms with E-state index in [2.05, 4.69) is 5.32 Å². The average Bonchev–Trinajstić information content (AvgIpc) is 2.58. The van der Waals surface area contributed by atoms with E-state index in [9.17, 15) is 13.2 Å². The Bertz CT molecular complexity index is 625. The molecule has 0 unspecified atom stereocenters. The predicted molar refractivity (Wildman–Crippen MR) is 80.0 cm³/mol. The standard InChI is InChI=1S/C13H15Cl2NO3S/c1-13(5-6-20(18,19)8-13)16-12(17)7-9-10(14)3-2-4-11(9)15/h2-4H,5-8H2,1H3,(H,16,17)/t13-/m0/s1. The molecule has 1 aliphatic rings. The Labute approximate surface area is 128 Å². The van der Waals surface area contributed by atoms with Crippen molar-refractivity contribution in [3.05, 3.63) is 33.8 Å². The first-order valence-electron chi connectivity index (χ1n) is 6.15.